The molecule has 0 aliphatic carbocycles. The van der Waals surface area contributed by atoms with E-state index in [1.807, 2.05) is 24.3 Å². The molecule has 1 saturated heterocycles. The molecule has 128 valence electrons. The van der Waals surface area contributed by atoms with Crippen LogP contribution in [-0.2, 0) is 0 Å². The molecule has 2 amide bonds. The Balaban J connectivity index is 1.85. The topological polar surface area (TPSA) is 53.6 Å². The van der Waals surface area contributed by atoms with Gasteiger partial charge in [-0.05, 0) is 38.8 Å². The summed E-state index contributed by atoms with van der Waals surface area (Å²) < 4.78 is 5.75. The Bertz CT molecular complexity index is 505. The number of likely N-dealkylation sites (tertiary alicyclic amines) is 1. The lowest BCUT2D eigenvalue weighted by Crippen LogP contribution is -2.40. The molecular weight excluding hydrogens is 290 g/mol. The summed E-state index contributed by atoms with van der Waals surface area (Å²) in [5, 5.41) is 5.97. The fourth-order valence-corrected chi connectivity index (χ4v) is 2.74. The van der Waals surface area contributed by atoms with Crippen LogP contribution in [0.25, 0.3) is 0 Å². The van der Waals surface area contributed by atoms with E-state index in [1.54, 1.807) is 0 Å². The first kappa shape index (κ1) is 17.6. The van der Waals surface area contributed by atoms with Crippen LogP contribution in [0.1, 0.15) is 40.0 Å². The Kier molecular flexibility index (Phi) is 6.71. The predicted octanol–water partition coefficient (Wildman–Crippen LogP) is 3.47. The third kappa shape index (κ3) is 5.43. The van der Waals surface area contributed by atoms with Gasteiger partial charge in [0.05, 0.1) is 12.3 Å². The molecule has 0 saturated carbocycles. The number of para-hydroxylation sites is 2. The van der Waals surface area contributed by atoms with Crippen LogP contribution in [0.3, 0.4) is 0 Å². The van der Waals surface area contributed by atoms with Gasteiger partial charge in [0, 0.05) is 25.2 Å². The van der Waals surface area contributed by atoms with Crippen LogP contribution in [0, 0.1) is 0 Å². The van der Waals surface area contributed by atoms with Gasteiger partial charge >= 0.3 is 6.03 Å². The lowest BCUT2D eigenvalue weighted by atomic mass is 10.2. The number of urea groups is 1. The zero-order chi connectivity index (χ0) is 16.7. The van der Waals surface area contributed by atoms with Gasteiger partial charge in [-0.3, -0.25) is 4.90 Å². The number of nitrogens with zero attached hydrogens (tertiary/aromatic N) is 1. The van der Waals surface area contributed by atoms with E-state index in [-0.39, 0.29) is 12.1 Å². The molecule has 2 N–H and O–H groups in total. The van der Waals surface area contributed by atoms with Crippen LogP contribution in [-0.4, -0.2) is 42.7 Å². The van der Waals surface area contributed by atoms with E-state index in [9.17, 15) is 4.79 Å². The predicted molar refractivity (Wildman–Crippen MR) is 94.1 cm³/mol. The Morgan fingerprint density at radius 2 is 2.17 bits per heavy atom. The standard InChI is InChI=1S/C18H29N3O2/c1-4-5-12-23-17-9-7-6-8-16(17)20-18(22)19-15-10-11-21(13-15)14(2)3/h6-9,14-15H,4-5,10-13H2,1-3H3,(H2,19,20,22). The minimum absolute atomic E-state index is 0.160. The maximum absolute atomic E-state index is 12.2. The number of benzene rings is 1. The Labute approximate surface area is 139 Å². The van der Waals surface area contributed by atoms with Crippen molar-refractivity contribution in [3.05, 3.63) is 24.3 Å². The number of hydrogen-bond donors (Lipinski definition) is 2. The zero-order valence-corrected chi connectivity index (χ0v) is 14.5. The van der Waals surface area contributed by atoms with Gasteiger partial charge in [-0.2, -0.15) is 0 Å². The summed E-state index contributed by atoms with van der Waals surface area (Å²) >= 11 is 0. The van der Waals surface area contributed by atoms with E-state index in [2.05, 4.69) is 36.3 Å². The van der Waals surface area contributed by atoms with E-state index in [0.717, 1.165) is 43.8 Å². The lowest BCUT2D eigenvalue weighted by Gasteiger charge is -2.20. The van der Waals surface area contributed by atoms with E-state index in [1.165, 1.54) is 0 Å². The largest absolute Gasteiger partial charge is 0.491 e. The summed E-state index contributed by atoms with van der Waals surface area (Å²) in [5.74, 6) is 0.728. The van der Waals surface area contributed by atoms with Crippen molar-refractivity contribution < 1.29 is 9.53 Å². The van der Waals surface area contributed by atoms with Crippen molar-refractivity contribution in [1.82, 2.24) is 10.2 Å². The summed E-state index contributed by atoms with van der Waals surface area (Å²) in [5.41, 5.74) is 0.722. The number of anilines is 1. The fourth-order valence-electron chi connectivity index (χ4n) is 2.74. The summed E-state index contributed by atoms with van der Waals surface area (Å²) in [4.78, 5) is 14.6. The monoisotopic (exact) mass is 319 g/mol. The second kappa shape index (κ2) is 8.77. The third-order valence-corrected chi connectivity index (χ3v) is 4.18. The normalized spacial score (nSPS) is 18.2. The molecule has 1 aliphatic heterocycles. The van der Waals surface area contributed by atoms with Gasteiger partial charge in [0.15, 0.2) is 0 Å². The minimum atomic E-state index is -0.160. The molecule has 5 nitrogen and oxygen atoms in total. The van der Waals surface area contributed by atoms with Gasteiger partial charge in [0.1, 0.15) is 5.75 Å². The first-order valence-electron chi connectivity index (χ1n) is 8.63. The second-order valence-corrected chi connectivity index (χ2v) is 6.37. The van der Waals surface area contributed by atoms with Crippen molar-refractivity contribution >= 4 is 11.7 Å². The number of nitrogens with one attached hydrogen (secondary N) is 2. The van der Waals surface area contributed by atoms with Crippen LogP contribution in [0.15, 0.2) is 24.3 Å². The van der Waals surface area contributed by atoms with Gasteiger partial charge in [-0.25, -0.2) is 4.79 Å². The van der Waals surface area contributed by atoms with Gasteiger partial charge in [0.25, 0.3) is 0 Å². The number of hydrogen-bond acceptors (Lipinski definition) is 3. The Hall–Kier alpha value is -1.75. The highest BCUT2D eigenvalue weighted by Crippen LogP contribution is 2.24. The molecule has 0 radical (unpaired) electrons. The molecule has 23 heavy (non-hydrogen) atoms. The lowest BCUT2D eigenvalue weighted by molar-refractivity contribution is 0.243. The van der Waals surface area contributed by atoms with Crippen LogP contribution in [0.4, 0.5) is 10.5 Å². The Morgan fingerprint density at radius 1 is 1.39 bits per heavy atom. The highest BCUT2D eigenvalue weighted by atomic mass is 16.5. The maximum Gasteiger partial charge on any atom is 0.319 e. The van der Waals surface area contributed by atoms with Crippen molar-refractivity contribution in [2.45, 2.75) is 52.1 Å². The van der Waals surface area contributed by atoms with E-state index >= 15 is 0 Å². The van der Waals surface area contributed by atoms with Crippen molar-refractivity contribution in [2.24, 2.45) is 0 Å². The molecule has 1 heterocycles. The quantitative estimate of drug-likeness (QED) is 0.757. The van der Waals surface area contributed by atoms with E-state index < -0.39 is 0 Å². The highest BCUT2D eigenvalue weighted by molar-refractivity contribution is 5.91. The second-order valence-electron chi connectivity index (χ2n) is 6.37. The summed E-state index contributed by atoms with van der Waals surface area (Å²) in [6.45, 7) is 9.13. The van der Waals surface area contributed by atoms with Crippen LogP contribution >= 0.6 is 0 Å². The molecule has 1 aliphatic rings. The maximum atomic E-state index is 12.2. The first-order chi connectivity index (χ1) is 11.1. The Morgan fingerprint density at radius 3 is 2.87 bits per heavy atom. The van der Waals surface area contributed by atoms with Crippen molar-refractivity contribution in [1.29, 1.82) is 0 Å². The number of ether oxygens (including phenoxy) is 1. The van der Waals surface area contributed by atoms with Crippen LogP contribution < -0.4 is 15.4 Å². The molecule has 1 atom stereocenters. The summed E-state index contributed by atoms with van der Waals surface area (Å²) in [7, 11) is 0. The van der Waals surface area contributed by atoms with Crippen LogP contribution in [0.2, 0.25) is 0 Å². The number of carbonyl (C=O) groups is 1. The fraction of sp³-hybridized carbons (Fsp3) is 0.611. The molecule has 2 rings (SSSR count). The van der Waals surface area contributed by atoms with Gasteiger partial charge < -0.3 is 15.4 Å². The van der Waals surface area contributed by atoms with Gasteiger partial charge in [-0.1, -0.05) is 25.5 Å². The number of carbonyl (C=O) groups excluding carboxylic acids is 1. The average Bonchev–Trinajstić information content (AvgIpc) is 2.98. The SMILES string of the molecule is CCCCOc1ccccc1NC(=O)NC1CCN(C(C)C)C1. The number of amides is 2. The zero-order valence-electron chi connectivity index (χ0n) is 14.5. The molecule has 0 bridgehead atoms. The molecule has 5 heteroatoms. The third-order valence-electron chi connectivity index (χ3n) is 4.18. The summed E-state index contributed by atoms with van der Waals surface area (Å²) in [6.07, 6.45) is 3.10. The number of rotatable bonds is 7. The van der Waals surface area contributed by atoms with Gasteiger partial charge in [-0.15, -0.1) is 0 Å². The molecule has 1 aromatic carbocycles. The van der Waals surface area contributed by atoms with Crippen molar-refractivity contribution in [3.63, 3.8) is 0 Å². The molecule has 1 fully saturated rings. The highest BCUT2D eigenvalue weighted by Gasteiger charge is 2.25. The van der Waals surface area contributed by atoms with Crippen molar-refractivity contribution in [3.8, 4) is 5.75 Å². The smallest absolute Gasteiger partial charge is 0.319 e. The molecule has 0 spiro atoms. The van der Waals surface area contributed by atoms with E-state index in [4.69, 9.17) is 4.74 Å². The van der Waals surface area contributed by atoms with Gasteiger partial charge in [0.2, 0.25) is 0 Å². The van der Waals surface area contributed by atoms with Crippen molar-refractivity contribution in [2.75, 3.05) is 25.0 Å². The van der Waals surface area contributed by atoms with E-state index in [0.29, 0.717) is 12.6 Å². The van der Waals surface area contributed by atoms with Crippen LogP contribution in [0.5, 0.6) is 5.75 Å². The minimum Gasteiger partial charge on any atom is -0.491 e. The summed E-state index contributed by atoms with van der Waals surface area (Å²) in [6, 6.07) is 8.16. The molecule has 1 unspecified atom stereocenters. The molecule has 1 aromatic rings. The first-order valence-corrected chi connectivity index (χ1v) is 8.63. The number of unbranched alkanes of at least 4 members (excludes halogenated alkanes) is 1. The molecular formula is C18H29N3O2. The molecule has 0 aromatic heterocycles. The average molecular weight is 319 g/mol.